The zero-order valence-electron chi connectivity index (χ0n) is 14.3. The highest BCUT2D eigenvalue weighted by Crippen LogP contribution is 2.34. The SMILES string of the molecule is COCC1C=Cc2nc3c4ccccc4c4ccccc4c3nc2C1=O. The fourth-order valence-electron chi connectivity index (χ4n) is 3.75. The van der Waals surface area contributed by atoms with Crippen LogP contribution in [0.5, 0.6) is 0 Å². The van der Waals surface area contributed by atoms with Gasteiger partial charge in [-0.25, -0.2) is 9.97 Å². The van der Waals surface area contributed by atoms with Gasteiger partial charge >= 0.3 is 0 Å². The molecule has 1 aliphatic rings. The van der Waals surface area contributed by atoms with Crippen LogP contribution in [0.1, 0.15) is 16.2 Å². The zero-order chi connectivity index (χ0) is 17.7. The Bertz CT molecular complexity index is 1230. The lowest BCUT2D eigenvalue weighted by atomic mass is 9.94. The number of aromatic nitrogens is 2. The highest BCUT2D eigenvalue weighted by molar-refractivity contribution is 6.23. The third-order valence-corrected chi connectivity index (χ3v) is 4.98. The predicted octanol–water partition coefficient (Wildman–Crippen LogP) is 4.41. The Balaban J connectivity index is 1.91. The molecule has 1 aromatic heterocycles. The average molecular weight is 340 g/mol. The molecule has 26 heavy (non-hydrogen) atoms. The van der Waals surface area contributed by atoms with E-state index < -0.39 is 0 Å². The van der Waals surface area contributed by atoms with Crippen LogP contribution in [0.25, 0.3) is 38.7 Å². The summed E-state index contributed by atoms with van der Waals surface area (Å²) in [7, 11) is 1.60. The van der Waals surface area contributed by atoms with Gasteiger partial charge in [0.05, 0.1) is 29.3 Å². The van der Waals surface area contributed by atoms with E-state index in [1.807, 2.05) is 42.5 Å². The van der Waals surface area contributed by atoms with Crippen LogP contribution in [0.2, 0.25) is 0 Å². The molecule has 0 radical (unpaired) electrons. The van der Waals surface area contributed by atoms with Crippen LogP contribution in [0.4, 0.5) is 0 Å². The third kappa shape index (κ3) is 2.09. The maximum absolute atomic E-state index is 12.8. The number of fused-ring (bicyclic) bond motifs is 7. The molecule has 5 rings (SSSR count). The number of hydrogen-bond donors (Lipinski definition) is 0. The molecule has 0 saturated carbocycles. The van der Waals surface area contributed by atoms with Crippen molar-refractivity contribution in [3.8, 4) is 0 Å². The van der Waals surface area contributed by atoms with Crippen LogP contribution >= 0.6 is 0 Å². The first-order chi connectivity index (χ1) is 12.8. The van der Waals surface area contributed by atoms with Crippen molar-refractivity contribution in [2.45, 2.75) is 0 Å². The second-order valence-electron chi connectivity index (χ2n) is 6.53. The number of rotatable bonds is 2. The number of Topliss-reactive ketones (excluding diaryl/α,β-unsaturated/α-hetero) is 1. The van der Waals surface area contributed by atoms with E-state index in [-0.39, 0.29) is 11.7 Å². The fourth-order valence-corrected chi connectivity index (χ4v) is 3.75. The summed E-state index contributed by atoms with van der Waals surface area (Å²) in [6, 6.07) is 16.4. The Labute approximate surface area is 150 Å². The third-order valence-electron chi connectivity index (χ3n) is 4.98. The van der Waals surface area contributed by atoms with E-state index in [9.17, 15) is 4.79 Å². The van der Waals surface area contributed by atoms with Crippen LogP contribution in [0.15, 0.2) is 54.6 Å². The molecule has 4 aromatic rings. The first-order valence-corrected chi connectivity index (χ1v) is 8.60. The minimum Gasteiger partial charge on any atom is -0.384 e. The molecule has 0 saturated heterocycles. The number of nitrogens with zero attached hydrogens (tertiary/aromatic N) is 2. The molecule has 0 spiro atoms. The molecule has 1 unspecified atom stereocenters. The van der Waals surface area contributed by atoms with E-state index in [1.54, 1.807) is 7.11 Å². The van der Waals surface area contributed by atoms with Gasteiger partial charge in [0, 0.05) is 17.9 Å². The molecular weight excluding hydrogens is 324 g/mol. The van der Waals surface area contributed by atoms with Gasteiger partial charge in [0.2, 0.25) is 0 Å². The van der Waals surface area contributed by atoms with Gasteiger partial charge in [-0.15, -0.1) is 0 Å². The number of ether oxygens (including phenoxy) is 1. The van der Waals surface area contributed by atoms with Crippen molar-refractivity contribution in [3.63, 3.8) is 0 Å². The molecule has 0 amide bonds. The minimum absolute atomic E-state index is 0.0315. The minimum atomic E-state index is -0.300. The highest BCUT2D eigenvalue weighted by atomic mass is 16.5. The average Bonchev–Trinajstić information content (AvgIpc) is 2.70. The van der Waals surface area contributed by atoms with E-state index >= 15 is 0 Å². The molecule has 4 heteroatoms. The number of carbonyl (C=O) groups excluding carboxylic acids is 1. The standard InChI is InChI=1S/C22H16N2O2/c1-26-12-13-10-11-18-21(22(13)25)24-20-17-9-5-3-7-15(17)14-6-2-4-8-16(14)19(20)23-18/h2-11,13H,12H2,1H3. The molecule has 1 aliphatic carbocycles. The molecule has 0 fully saturated rings. The molecule has 0 aliphatic heterocycles. The Morgan fingerprint density at radius 2 is 1.46 bits per heavy atom. The lowest BCUT2D eigenvalue weighted by Crippen LogP contribution is -2.23. The summed E-state index contributed by atoms with van der Waals surface area (Å²) in [5.41, 5.74) is 2.68. The highest BCUT2D eigenvalue weighted by Gasteiger charge is 2.27. The number of carbonyl (C=O) groups is 1. The van der Waals surface area contributed by atoms with Crippen molar-refractivity contribution >= 4 is 44.4 Å². The van der Waals surface area contributed by atoms with Crippen molar-refractivity contribution in [3.05, 3.63) is 66.0 Å². The Hall–Kier alpha value is -3.11. The van der Waals surface area contributed by atoms with Crippen LogP contribution < -0.4 is 0 Å². The van der Waals surface area contributed by atoms with E-state index in [0.717, 1.165) is 32.6 Å². The monoisotopic (exact) mass is 340 g/mol. The van der Waals surface area contributed by atoms with Gasteiger partial charge < -0.3 is 4.74 Å². The smallest absolute Gasteiger partial charge is 0.192 e. The summed E-state index contributed by atoms with van der Waals surface area (Å²) in [6.07, 6.45) is 3.74. The Morgan fingerprint density at radius 1 is 0.885 bits per heavy atom. The molecule has 1 heterocycles. The molecule has 0 N–H and O–H groups in total. The molecule has 4 nitrogen and oxygen atoms in total. The molecule has 0 bridgehead atoms. The lowest BCUT2D eigenvalue weighted by Gasteiger charge is -2.18. The quantitative estimate of drug-likeness (QED) is 0.507. The summed E-state index contributed by atoms with van der Waals surface area (Å²) in [6.45, 7) is 0.354. The number of ketones is 1. The molecule has 1 atom stereocenters. The number of benzene rings is 3. The van der Waals surface area contributed by atoms with E-state index in [4.69, 9.17) is 14.7 Å². The van der Waals surface area contributed by atoms with Crippen LogP contribution in [0, 0.1) is 5.92 Å². The van der Waals surface area contributed by atoms with Gasteiger partial charge in [-0.3, -0.25) is 4.79 Å². The lowest BCUT2D eigenvalue weighted by molar-refractivity contribution is 0.0853. The van der Waals surface area contributed by atoms with E-state index in [2.05, 4.69) is 18.2 Å². The van der Waals surface area contributed by atoms with Gasteiger partial charge in [0.25, 0.3) is 0 Å². The fraction of sp³-hybridized carbons (Fsp3) is 0.136. The summed E-state index contributed by atoms with van der Waals surface area (Å²) in [5, 5.41) is 4.34. The van der Waals surface area contributed by atoms with Crippen molar-refractivity contribution in [1.29, 1.82) is 0 Å². The topological polar surface area (TPSA) is 52.1 Å². The second kappa shape index (κ2) is 5.71. The van der Waals surface area contributed by atoms with Crippen molar-refractivity contribution in [1.82, 2.24) is 9.97 Å². The zero-order valence-corrected chi connectivity index (χ0v) is 14.3. The van der Waals surface area contributed by atoms with Gasteiger partial charge in [-0.05, 0) is 16.8 Å². The predicted molar refractivity (Wildman–Crippen MR) is 103 cm³/mol. The summed E-state index contributed by atoms with van der Waals surface area (Å²) < 4.78 is 5.16. The van der Waals surface area contributed by atoms with Gasteiger partial charge in [0.1, 0.15) is 5.69 Å². The first kappa shape index (κ1) is 15.2. The van der Waals surface area contributed by atoms with Gasteiger partial charge in [-0.2, -0.15) is 0 Å². The molecular formula is C22H16N2O2. The van der Waals surface area contributed by atoms with Crippen LogP contribution in [-0.4, -0.2) is 29.5 Å². The van der Waals surface area contributed by atoms with Gasteiger partial charge in [0.15, 0.2) is 5.78 Å². The number of methoxy groups -OCH3 is 1. The first-order valence-electron chi connectivity index (χ1n) is 8.60. The second-order valence-corrected chi connectivity index (χ2v) is 6.53. The van der Waals surface area contributed by atoms with Crippen molar-refractivity contribution < 1.29 is 9.53 Å². The Kier molecular flexibility index (Phi) is 3.33. The summed E-state index contributed by atoms with van der Waals surface area (Å²) in [4.78, 5) is 22.4. The largest absolute Gasteiger partial charge is 0.384 e. The summed E-state index contributed by atoms with van der Waals surface area (Å²) in [5.74, 6) is -0.332. The van der Waals surface area contributed by atoms with E-state index in [1.165, 1.54) is 0 Å². The normalized spacial score (nSPS) is 16.5. The molecule has 126 valence electrons. The maximum atomic E-state index is 12.8. The summed E-state index contributed by atoms with van der Waals surface area (Å²) >= 11 is 0. The van der Waals surface area contributed by atoms with Gasteiger partial charge in [-0.1, -0.05) is 54.6 Å². The van der Waals surface area contributed by atoms with E-state index in [0.29, 0.717) is 18.0 Å². The van der Waals surface area contributed by atoms with Crippen LogP contribution in [0.3, 0.4) is 0 Å². The number of hydrogen-bond acceptors (Lipinski definition) is 4. The van der Waals surface area contributed by atoms with Crippen molar-refractivity contribution in [2.75, 3.05) is 13.7 Å². The maximum Gasteiger partial charge on any atom is 0.192 e. The van der Waals surface area contributed by atoms with Crippen LogP contribution in [-0.2, 0) is 4.74 Å². The molecule has 3 aromatic carbocycles. The Morgan fingerprint density at radius 3 is 2.08 bits per heavy atom. The van der Waals surface area contributed by atoms with Crippen molar-refractivity contribution in [2.24, 2.45) is 5.92 Å².